The largest absolute Gasteiger partial charge is 0.493 e. The van der Waals surface area contributed by atoms with Gasteiger partial charge in [0.1, 0.15) is 11.8 Å². The lowest BCUT2D eigenvalue weighted by Crippen LogP contribution is -2.31. The molecule has 0 N–H and O–H groups in total. The van der Waals surface area contributed by atoms with Gasteiger partial charge in [0.05, 0.1) is 35.8 Å². The third kappa shape index (κ3) is 3.62. The third-order valence-electron chi connectivity index (χ3n) is 5.44. The normalized spacial score (nSPS) is 15.8. The number of hydrogen-bond donors (Lipinski definition) is 0. The highest BCUT2D eigenvalue weighted by Crippen LogP contribution is 2.35. The van der Waals surface area contributed by atoms with Crippen LogP contribution >= 0.6 is 0 Å². The Morgan fingerprint density at radius 3 is 2.75 bits per heavy atom. The molecule has 1 aliphatic heterocycles. The number of ether oxygens (including phenoxy) is 1. The Bertz CT molecular complexity index is 1220. The molecule has 4 aromatic rings. The summed E-state index contributed by atoms with van der Waals surface area (Å²) in [5.74, 6) is 1.45. The summed E-state index contributed by atoms with van der Waals surface area (Å²) in [7, 11) is 0. The molecule has 0 aliphatic carbocycles. The first-order valence-corrected chi connectivity index (χ1v) is 10.6. The van der Waals surface area contributed by atoms with E-state index in [1.807, 2.05) is 49.4 Å². The van der Waals surface area contributed by atoms with Crippen molar-refractivity contribution in [2.24, 2.45) is 0 Å². The Morgan fingerprint density at radius 2 is 1.91 bits per heavy atom. The average molecular weight is 430 g/mol. The molecule has 0 saturated carbocycles. The lowest BCUT2D eigenvalue weighted by Gasteiger charge is -2.22. The zero-order chi connectivity index (χ0) is 21.9. The van der Waals surface area contributed by atoms with Crippen LogP contribution in [-0.4, -0.2) is 49.1 Å². The summed E-state index contributed by atoms with van der Waals surface area (Å²) in [5.41, 5.74) is 1.91. The summed E-state index contributed by atoms with van der Waals surface area (Å²) in [4.78, 5) is 21.4. The molecule has 5 rings (SSSR count). The summed E-state index contributed by atoms with van der Waals surface area (Å²) in [5, 5.41) is 12.5. The maximum absolute atomic E-state index is 13.5. The molecule has 2 aromatic heterocycles. The molecule has 162 valence electrons. The average Bonchev–Trinajstić information content (AvgIpc) is 3.61. The van der Waals surface area contributed by atoms with E-state index in [-0.39, 0.29) is 11.9 Å². The van der Waals surface area contributed by atoms with Crippen LogP contribution in [0.1, 0.15) is 42.1 Å². The first-order chi connectivity index (χ1) is 15.8. The molecule has 1 saturated heterocycles. The van der Waals surface area contributed by atoms with Crippen molar-refractivity contribution in [1.82, 2.24) is 30.0 Å². The fourth-order valence-corrected chi connectivity index (χ4v) is 4.00. The molecule has 32 heavy (non-hydrogen) atoms. The highest BCUT2D eigenvalue weighted by molar-refractivity contribution is 5.98. The van der Waals surface area contributed by atoms with E-state index in [0.29, 0.717) is 41.9 Å². The number of carbonyl (C=O) groups excluding carboxylic acids is 1. The van der Waals surface area contributed by atoms with Crippen molar-refractivity contribution in [3.63, 3.8) is 0 Å². The van der Waals surface area contributed by atoms with Crippen LogP contribution in [0, 0.1) is 0 Å². The number of para-hydroxylation sites is 2. The van der Waals surface area contributed by atoms with Gasteiger partial charge in [0.15, 0.2) is 0 Å². The molecule has 0 radical (unpaired) electrons. The number of rotatable bonds is 6. The first kappa shape index (κ1) is 19.9. The lowest BCUT2D eigenvalue weighted by atomic mass is 10.1. The number of aromatic nitrogens is 5. The first-order valence-electron chi connectivity index (χ1n) is 10.6. The van der Waals surface area contributed by atoms with Crippen molar-refractivity contribution in [2.75, 3.05) is 13.2 Å². The molecular formula is C23H22N6O3. The number of carbonyl (C=O) groups is 1. The fraction of sp³-hybridized carbons (Fsp3) is 0.261. The van der Waals surface area contributed by atoms with Crippen LogP contribution in [0.5, 0.6) is 5.75 Å². The molecule has 1 fully saturated rings. The lowest BCUT2D eigenvalue weighted by molar-refractivity contribution is 0.0709. The maximum Gasteiger partial charge on any atom is 0.256 e. The SMILES string of the molecule is CCOc1ccccc1-c1noc(C2CCCN2C(=O)c2ccccc2-n2nccn2)n1. The fourth-order valence-electron chi connectivity index (χ4n) is 4.00. The Labute approximate surface area is 184 Å². The molecule has 3 heterocycles. The van der Waals surface area contributed by atoms with Crippen molar-refractivity contribution < 1.29 is 14.1 Å². The van der Waals surface area contributed by atoms with Crippen LogP contribution in [0.4, 0.5) is 0 Å². The summed E-state index contributed by atoms with van der Waals surface area (Å²) in [6, 6.07) is 14.6. The number of amides is 1. The smallest absolute Gasteiger partial charge is 0.256 e. The minimum Gasteiger partial charge on any atom is -0.493 e. The van der Waals surface area contributed by atoms with Gasteiger partial charge in [-0.15, -0.1) is 0 Å². The van der Waals surface area contributed by atoms with Gasteiger partial charge in [0, 0.05) is 6.54 Å². The minimum atomic E-state index is -0.290. The molecule has 0 bridgehead atoms. The summed E-state index contributed by atoms with van der Waals surface area (Å²) < 4.78 is 11.3. The predicted molar refractivity (Wildman–Crippen MR) is 115 cm³/mol. The maximum atomic E-state index is 13.5. The van der Waals surface area contributed by atoms with Crippen LogP contribution in [0.3, 0.4) is 0 Å². The van der Waals surface area contributed by atoms with Crippen LogP contribution < -0.4 is 4.74 Å². The van der Waals surface area contributed by atoms with E-state index in [0.717, 1.165) is 18.4 Å². The number of benzene rings is 2. The van der Waals surface area contributed by atoms with Gasteiger partial charge in [-0.05, 0) is 44.0 Å². The van der Waals surface area contributed by atoms with Crippen LogP contribution in [0.15, 0.2) is 65.4 Å². The van der Waals surface area contributed by atoms with E-state index in [4.69, 9.17) is 9.26 Å². The van der Waals surface area contributed by atoms with Crippen molar-refractivity contribution >= 4 is 5.91 Å². The molecule has 2 aromatic carbocycles. The third-order valence-corrected chi connectivity index (χ3v) is 5.44. The standard InChI is InChI=1S/C23H22N6O3/c1-2-31-20-12-6-4-9-17(20)21-26-22(32-27-21)19-11-7-15-28(19)23(30)16-8-3-5-10-18(16)29-24-13-14-25-29/h3-6,8-10,12-14,19H,2,7,11,15H2,1H3. The van der Waals surface area contributed by atoms with Crippen molar-refractivity contribution in [3.8, 4) is 22.8 Å². The molecule has 1 atom stereocenters. The topological polar surface area (TPSA) is 99.2 Å². The van der Waals surface area contributed by atoms with E-state index in [2.05, 4.69) is 20.3 Å². The van der Waals surface area contributed by atoms with E-state index < -0.39 is 0 Å². The van der Waals surface area contributed by atoms with Crippen molar-refractivity contribution in [1.29, 1.82) is 0 Å². The molecular weight excluding hydrogens is 408 g/mol. The summed E-state index contributed by atoms with van der Waals surface area (Å²) >= 11 is 0. The monoisotopic (exact) mass is 430 g/mol. The number of hydrogen-bond acceptors (Lipinski definition) is 7. The minimum absolute atomic E-state index is 0.116. The second-order valence-electron chi connectivity index (χ2n) is 7.38. The van der Waals surface area contributed by atoms with Crippen LogP contribution in [0.2, 0.25) is 0 Å². The molecule has 0 spiro atoms. The van der Waals surface area contributed by atoms with E-state index in [9.17, 15) is 4.79 Å². The molecule has 9 heteroatoms. The van der Waals surface area contributed by atoms with Gasteiger partial charge < -0.3 is 14.2 Å². The molecule has 1 amide bonds. The van der Waals surface area contributed by atoms with Gasteiger partial charge in [-0.1, -0.05) is 29.4 Å². The van der Waals surface area contributed by atoms with Crippen molar-refractivity contribution in [2.45, 2.75) is 25.8 Å². The summed E-state index contributed by atoms with van der Waals surface area (Å²) in [6.07, 6.45) is 4.77. The zero-order valence-electron chi connectivity index (χ0n) is 17.6. The van der Waals surface area contributed by atoms with E-state index >= 15 is 0 Å². The second-order valence-corrected chi connectivity index (χ2v) is 7.38. The number of nitrogens with zero attached hydrogens (tertiary/aromatic N) is 6. The highest BCUT2D eigenvalue weighted by atomic mass is 16.5. The van der Waals surface area contributed by atoms with Gasteiger partial charge in [0.25, 0.3) is 5.91 Å². The second kappa shape index (κ2) is 8.62. The van der Waals surface area contributed by atoms with Crippen LogP contribution in [0.25, 0.3) is 17.1 Å². The number of likely N-dealkylation sites (tertiary alicyclic amines) is 1. The van der Waals surface area contributed by atoms with Gasteiger partial charge in [-0.25, -0.2) is 0 Å². The van der Waals surface area contributed by atoms with Gasteiger partial charge >= 0.3 is 0 Å². The highest BCUT2D eigenvalue weighted by Gasteiger charge is 2.35. The van der Waals surface area contributed by atoms with Gasteiger partial charge in [-0.2, -0.15) is 20.0 Å². The quantitative estimate of drug-likeness (QED) is 0.460. The Hall–Kier alpha value is -4.01. The molecule has 1 unspecified atom stereocenters. The van der Waals surface area contributed by atoms with E-state index in [1.54, 1.807) is 23.4 Å². The van der Waals surface area contributed by atoms with Crippen molar-refractivity contribution in [3.05, 3.63) is 72.4 Å². The Balaban J connectivity index is 1.44. The zero-order valence-corrected chi connectivity index (χ0v) is 17.6. The van der Waals surface area contributed by atoms with Crippen LogP contribution in [-0.2, 0) is 0 Å². The Kier molecular flexibility index (Phi) is 5.37. The summed E-state index contributed by atoms with van der Waals surface area (Å²) in [6.45, 7) is 3.08. The molecule has 9 nitrogen and oxygen atoms in total. The van der Waals surface area contributed by atoms with Gasteiger partial charge in [-0.3, -0.25) is 4.79 Å². The van der Waals surface area contributed by atoms with E-state index in [1.165, 1.54) is 4.80 Å². The molecule has 1 aliphatic rings. The van der Waals surface area contributed by atoms with Gasteiger partial charge in [0.2, 0.25) is 11.7 Å². The Morgan fingerprint density at radius 1 is 1.12 bits per heavy atom. The predicted octanol–water partition coefficient (Wildman–Crippen LogP) is 3.69.